The van der Waals surface area contributed by atoms with Gasteiger partial charge in [0.05, 0.1) is 5.69 Å². The van der Waals surface area contributed by atoms with Crippen LogP contribution in [0, 0.1) is 0 Å². The molecule has 0 amide bonds. The highest BCUT2D eigenvalue weighted by atomic mass is 32.2. The van der Waals surface area contributed by atoms with Gasteiger partial charge in [-0.3, -0.25) is 0 Å². The Morgan fingerprint density at radius 3 is 2.75 bits per heavy atom. The summed E-state index contributed by atoms with van der Waals surface area (Å²) in [5.41, 5.74) is 1.03. The first-order valence-electron chi connectivity index (χ1n) is 8.01. The predicted octanol–water partition coefficient (Wildman–Crippen LogP) is 3.94. The van der Waals surface area contributed by atoms with Crippen LogP contribution < -0.4 is 0 Å². The number of hydrogen-bond acceptors (Lipinski definition) is 7. The molecule has 0 atom stereocenters. The Labute approximate surface area is 148 Å². The molecule has 3 aromatic rings. The minimum atomic E-state index is 0.397. The Morgan fingerprint density at radius 1 is 1.25 bits per heavy atom. The van der Waals surface area contributed by atoms with Crippen LogP contribution in [0.25, 0.3) is 10.8 Å². The van der Waals surface area contributed by atoms with Crippen molar-refractivity contribution in [3.05, 3.63) is 35.4 Å². The zero-order valence-corrected chi connectivity index (χ0v) is 15.2. The van der Waals surface area contributed by atoms with Gasteiger partial charge in [0.1, 0.15) is 5.82 Å². The van der Waals surface area contributed by atoms with E-state index >= 15 is 0 Å². The van der Waals surface area contributed by atoms with Crippen LogP contribution in [0.1, 0.15) is 50.2 Å². The van der Waals surface area contributed by atoms with Crippen molar-refractivity contribution in [3.8, 4) is 10.8 Å². The summed E-state index contributed by atoms with van der Waals surface area (Å²) < 4.78 is 2.32. The Hall–Kier alpha value is -1.80. The predicted molar refractivity (Wildman–Crippen MR) is 95.1 cm³/mol. The fraction of sp³-hybridized carbons (Fsp3) is 0.438. The standard InChI is InChI=1S/C16H18N6S2/c1-10(2)14-20-21-16(22(14)12-4-5-12)24-9-11-8-23-15(19-11)13-17-6-3-7-18-13/h3,6-8,10,12H,4-5,9H2,1-2H3. The molecule has 6 nitrogen and oxygen atoms in total. The minimum Gasteiger partial charge on any atom is -0.303 e. The van der Waals surface area contributed by atoms with Gasteiger partial charge in [-0.05, 0) is 18.9 Å². The lowest BCUT2D eigenvalue weighted by Gasteiger charge is -2.10. The Bertz CT molecular complexity index is 822. The minimum absolute atomic E-state index is 0.397. The van der Waals surface area contributed by atoms with Crippen molar-refractivity contribution >= 4 is 23.1 Å². The number of aromatic nitrogens is 6. The lowest BCUT2D eigenvalue weighted by atomic mass is 10.2. The molecule has 24 heavy (non-hydrogen) atoms. The van der Waals surface area contributed by atoms with E-state index in [1.807, 2.05) is 6.07 Å². The molecule has 1 aliphatic rings. The van der Waals surface area contributed by atoms with Crippen molar-refractivity contribution in [3.63, 3.8) is 0 Å². The van der Waals surface area contributed by atoms with Crippen LogP contribution in [0.3, 0.4) is 0 Å². The maximum atomic E-state index is 4.64. The highest BCUT2D eigenvalue weighted by Gasteiger charge is 2.30. The molecular weight excluding hydrogens is 340 g/mol. The van der Waals surface area contributed by atoms with Crippen molar-refractivity contribution in [2.45, 2.75) is 49.6 Å². The Kier molecular flexibility index (Phi) is 4.32. The van der Waals surface area contributed by atoms with E-state index in [1.165, 1.54) is 12.8 Å². The summed E-state index contributed by atoms with van der Waals surface area (Å²) in [6.45, 7) is 4.34. The van der Waals surface area contributed by atoms with E-state index in [9.17, 15) is 0 Å². The van der Waals surface area contributed by atoms with Crippen LogP contribution in [-0.2, 0) is 5.75 Å². The molecule has 0 bridgehead atoms. The largest absolute Gasteiger partial charge is 0.303 e. The van der Waals surface area contributed by atoms with Gasteiger partial charge >= 0.3 is 0 Å². The van der Waals surface area contributed by atoms with Crippen LogP contribution in [0.15, 0.2) is 29.0 Å². The van der Waals surface area contributed by atoms with E-state index in [0.717, 1.165) is 27.4 Å². The first kappa shape index (κ1) is 15.7. The van der Waals surface area contributed by atoms with Gasteiger partial charge in [-0.15, -0.1) is 21.5 Å². The highest BCUT2D eigenvalue weighted by molar-refractivity contribution is 7.98. The number of thioether (sulfide) groups is 1. The van der Waals surface area contributed by atoms with Gasteiger partial charge in [0, 0.05) is 35.5 Å². The summed E-state index contributed by atoms with van der Waals surface area (Å²) in [6.07, 6.45) is 5.95. The maximum Gasteiger partial charge on any atom is 0.191 e. The summed E-state index contributed by atoms with van der Waals surface area (Å²) in [5, 5.41) is 12.7. The van der Waals surface area contributed by atoms with Crippen molar-refractivity contribution in [2.75, 3.05) is 0 Å². The first-order chi connectivity index (χ1) is 11.7. The van der Waals surface area contributed by atoms with Crippen LogP contribution in [0.2, 0.25) is 0 Å². The molecule has 0 aromatic carbocycles. The first-order valence-corrected chi connectivity index (χ1v) is 9.88. The lowest BCUT2D eigenvalue weighted by molar-refractivity contribution is 0.599. The lowest BCUT2D eigenvalue weighted by Crippen LogP contribution is -2.04. The smallest absolute Gasteiger partial charge is 0.191 e. The Morgan fingerprint density at radius 2 is 2.04 bits per heavy atom. The molecule has 0 spiro atoms. The van der Waals surface area contributed by atoms with Crippen molar-refractivity contribution in [2.24, 2.45) is 0 Å². The summed E-state index contributed by atoms with van der Waals surface area (Å²) in [7, 11) is 0. The summed E-state index contributed by atoms with van der Waals surface area (Å²) >= 11 is 3.29. The quantitative estimate of drug-likeness (QED) is 0.622. The SMILES string of the molecule is CC(C)c1nnc(SCc2csc(-c3ncccn3)n2)n1C1CC1. The summed E-state index contributed by atoms with van der Waals surface area (Å²) in [4.78, 5) is 13.1. The van der Waals surface area contributed by atoms with E-state index < -0.39 is 0 Å². The number of thiazole rings is 1. The zero-order chi connectivity index (χ0) is 16.5. The normalized spacial score (nSPS) is 14.5. The number of nitrogens with zero attached hydrogens (tertiary/aromatic N) is 6. The van der Waals surface area contributed by atoms with Gasteiger partial charge in [-0.2, -0.15) is 0 Å². The third-order valence-corrected chi connectivity index (χ3v) is 5.64. The topological polar surface area (TPSA) is 69.4 Å². The Balaban J connectivity index is 1.49. The van der Waals surface area contributed by atoms with Gasteiger partial charge < -0.3 is 4.57 Å². The summed E-state index contributed by atoms with van der Waals surface area (Å²) in [6, 6.07) is 2.40. The van der Waals surface area contributed by atoms with E-state index in [0.29, 0.717) is 17.8 Å². The number of rotatable bonds is 6. The van der Waals surface area contributed by atoms with Crippen molar-refractivity contribution in [1.29, 1.82) is 0 Å². The molecule has 0 aliphatic heterocycles. The van der Waals surface area contributed by atoms with Crippen LogP contribution >= 0.6 is 23.1 Å². The van der Waals surface area contributed by atoms with Crippen LogP contribution in [0.5, 0.6) is 0 Å². The van der Waals surface area contributed by atoms with E-state index in [1.54, 1.807) is 35.5 Å². The molecule has 0 saturated heterocycles. The van der Waals surface area contributed by atoms with Gasteiger partial charge in [0.25, 0.3) is 0 Å². The second kappa shape index (κ2) is 6.60. The second-order valence-corrected chi connectivity index (χ2v) is 7.90. The third kappa shape index (κ3) is 3.21. The molecule has 3 heterocycles. The summed E-state index contributed by atoms with van der Waals surface area (Å²) in [5.74, 6) is 2.96. The molecule has 0 radical (unpaired) electrons. The number of hydrogen-bond donors (Lipinski definition) is 0. The average Bonchev–Trinajstić information content (AvgIpc) is 3.17. The van der Waals surface area contributed by atoms with Gasteiger partial charge in [0.15, 0.2) is 16.0 Å². The molecule has 124 valence electrons. The molecule has 1 aliphatic carbocycles. The zero-order valence-electron chi connectivity index (χ0n) is 13.6. The molecule has 4 rings (SSSR count). The van der Waals surface area contributed by atoms with Crippen LogP contribution in [-0.4, -0.2) is 29.7 Å². The molecule has 1 saturated carbocycles. The molecule has 0 unspecified atom stereocenters. The molecule has 8 heteroatoms. The highest BCUT2D eigenvalue weighted by Crippen LogP contribution is 2.40. The third-order valence-electron chi connectivity index (χ3n) is 3.78. The van der Waals surface area contributed by atoms with Crippen molar-refractivity contribution < 1.29 is 0 Å². The molecule has 0 N–H and O–H groups in total. The van der Waals surface area contributed by atoms with E-state index in [2.05, 4.69) is 48.9 Å². The molecular formula is C16H18N6S2. The van der Waals surface area contributed by atoms with E-state index in [4.69, 9.17) is 0 Å². The van der Waals surface area contributed by atoms with Gasteiger partial charge in [-0.25, -0.2) is 15.0 Å². The van der Waals surface area contributed by atoms with Gasteiger partial charge in [0.2, 0.25) is 0 Å². The maximum absolute atomic E-state index is 4.64. The van der Waals surface area contributed by atoms with E-state index in [-0.39, 0.29) is 0 Å². The fourth-order valence-electron chi connectivity index (χ4n) is 2.48. The van der Waals surface area contributed by atoms with Crippen LogP contribution in [0.4, 0.5) is 0 Å². The second-order valence-electron chi connectivity index (χ2n) is 6.10. The fourth-order valence-corrected chi connectivity index (χ4v) is 4.26. The molecule has 1 fully saturated rings. The monoisotopic (exact) mass is 358 g/mol. The van der Waals surface area contributed by atoms with Gasteiger partial charge in [-0.1, -0.05) is 25.6 Å². The molecule has 3 aromatic heterocycles. The van der Waals surface area contributed by atoms with Crippen molar-refractivity contribution in [1.82, 2.24) is 29.7 Å². The average molecular weight is 358 g/mol.